The lowest BCUT2D eigenvalue weighted by atomic mass is 9.90. The van der Waals surface area contributed by atoms with Gasteiger partial charge in [-0.05, 0) is 111 Å². The van der Waals surface area contributed by atoms with Gasteiger partial charge in [0.05, 0.1) is 49.4 Å². The Morgan fingerprint density at radius 3 is 0.800 bits per heavy atom. The first kappa shape index (κ1) is 67.2. The molecule has 0 aliphatic carbocycles. The number of thioether (sulfide) groups is 4. The summed E-state index contributed by atoms with van der Waals surface area (Å²) < 4.78 is 63.1. The molecule has 70 heavy (non-hydrogen) atoms. The third-order valence-corrected chi connectivity index (χ3v) is 13.2. The first-order chi connectivity index (χ1) is 32.7. The van der Waals surface area contributed by atoms with Crippen molar-refractivity contribution in [1.29, 1.82) is 0 Å². The summed E-state index contributed by atoms with van der Waals surface area (Å²) in [5, 5.41) is 0. The van der Waals surface area contributed by atoms with Crippen molar-refractivity contribution in [3.63, 3.8) is 0 Å². The topological polar surface area (TPSA) is 247 Å². The number of alkyl halides is 1. The molecule has 398 valence electrons. The highest BCUT2D eigenvalue weighted by atomic mass is 79.9. The molecule has 0 aliphatic heterocycles. The number of ether oxygens (including phenoxy) is 12. The molecule has 0 aliphatic rings. The molecule has 0 aromatic heterocycles. The van der Waals surface area contributed by atoms with Gasteiger partial charge in [0.25, 0.3) is 0 Å². The second-order valence-electron chi connectivity index (χ2n) is 15.1. The molecule has 0 heterocycles. The molecule has 0 fully saturated rings. The van der Waals surface area contributed by atoms with E-state index < -0.39 is 121 Å². The molecule has 0 unspecified atom stereocenters. The Morgan fingerprint density at radius 1 is 0.357 bits per heavy atom. The van der Waals surface area contributed by atoms with Crippen LogP contribution < -0.4 is 0 Å². The van der Waals surface area contributed by atoms with Gasteiger partial charge in [-0.3, -0.25) is 38.4 Å². The highest BCUT2D eigenvalue weighted by Crippen LogP contribution is 2.29. The van der Waals surface area contributed by atoms with E-state index in [9.17, 15) is 38.4 Å². The number of hydrogen-bond donors (Lipinski definition) is 0. The van der Waals surface area contributed by atoms with Crippen LogP contribution in [0.2, 0.25) is 0 Å². The van der Waals surface area contributed by atoms with E-state index in [4.69, 9.17) is 106 Å². The Labute approximate surface area is 454 Å². The minimum Gasteiger partial charge on any atom is -0.479 e. The second-order valence-corrected chi connectivity index (χ2v) is 23.4. The number of rotatable bonds is 31. The van der Waals surface area contributed by atoms with Crippen LogP contribution in [0.15, 0.2) is 0 Å². The van der Waals surface area contributed by atoms with Gasteiger partial charge in [-0.15, -0.1) is 0 Å². The number of carbonyl (C=O) groups excluding carboxylic acids is 8. The molecule has 0 aromatic carbocycles. The van der Waals surface area contributed by atoms with E-state index in [1.54, 1.807) is 27.7 Å². The maximum atomic E-state index is 14.0. The fourth-order valence-electron chi connectivity index (χ4n) is 4.13. The highest BCUT2D eigenvalue weighted by Gasteiger charge is 2.46. The van der Waals surface area contributed by atoms with Crippen molar-refractivity contribution in [2.24, 2.45) is 16.2 Å². The highest BCUT2D eigenvalue weighted by molar-refractivity contribution is 9.10. The van der Waals surface area contributed by atoms with E-state index in [0.29, 0.717) is 0 Å². The van der Waals surface area contributed by atoms with Crippen LogP contribution in [-0.4, -0.2) is 172 Å². The molecule has 0 bridgehead atoms. The fraction of sp³-hybridized carbons (Fsp3) is 0.707. The maximum Gasteiger partial charge on any atom is 0.322 e. The van der Waals surface area contributed by atoms with E-state index >= 15 is 0 Å². The zero-order chi connectivity index (χ0) is 53.6. The van der Waals surface area contributed by atoms with Crippen LogP contribution >= 0.6 is 112 Å². The Kier molecular flexibility index (Phi) is 34.0. The molecule has 0 saturated heterocycles. The minimum atomic E-state index is -2.05. The van der Waals surface area contributed by atoms with Gasteiger partial charge in [-0.1, -0.05) is 63.0 Å². The third-order valence-electron chi connectivity index (χ3n) is 8.04. The zero-order valence-electron chi connectivity index (χ0n) is 40.1. The molecule has 0 amide bonds. The number of esters is 8. The van der Waals surface area contributed by atoms with E-state index in [-0.39, 0.29) is 67.0 Å². The Morgan fingerprint density at radius 2 is 0.571 bits per heavy atom. The van der Waals surface area contributed by atoms with Crippen molar-refractivity contribution in [2.75, 3.05) is 102 Å². The van der Waals surface area contributed by atoms with Gasteiger partial charge >= 0.3 is 47.8 Å². The largest absolute Gasteiger partial charge is 0.479 e. The van der Waals surface area contributed by atoms with Crippen LogP contribution in [-0.2, 0) is 95.2 Å². The van der Waals surface area contributed by atoms with Crippen molar-refractivity contribution in [2.45, 2.75) is 66.6 Å². The third kappa shape index (κ3) is 29.0. The molecule has 0 N–H and O–H groups in total. The summed E-state index contributed by atoms with van der Waals surface area (Å²) >= 11 is 26.8. The molecule has 0 rings (SSSR count). The average molecular weight is 1210 g/mol. The van der Waals surface area contributed by atoms with E-state index in [0.717, 1.165) is 47.0 Å². The Balaban J connectivity index is 6.70. The van der Waals surface area contributed by atoms with Crippen LogP contribution in [0.3, 0.4) is 0 Å². The summed E-state index contributed by atoms with van der Waals surface area (Å²) in [5.74, 6) is -8.56. The molecule has 0 radical (unpaired) electrons. The van der Waals surface area contributed by atoms with Gasteiger partial charge in [-0.2, -0.15) is 0 Å². The maximum absolute atomic E-state index is 14.0. The van der Waals surface area contributed by atoms with Crippen molar-refractivity contribution < 1.29 is 95.2 Å². The van der Waals surface area contributed by atoms with Crippen molar-refractivity contribution >= 4 is 177 Å². The van der Waals surface area contributed by atoms with Crippen molar-refractivity contribution in [3.05, 3.63) is 0 Å². The first-order valence-electron chi connectivity index (χ1n) is 20.9. The Bertz CT molecular complexity index is 1650. The van der Waals surface area contributed by atoms with Crippen molar-refractivity contribution in [1.82, 2.24) is 0 Å². The number of carbonyl (C=O) groups is 8. The smallest absolute Gasteiger partial charge is 0.322 e. The van der Waals surface area contributed by atoms with Crippen LogP contribution in [0.1, 0.15) is 62.3 Å². The van der Waals surface area contributed by atoms with Gasteiger partial charge in [-0.25, -0.2) is 0 Å². The molecular weight excluding hydrogens is 1150 g/mol. The molecule has 29 heteroatoms. The molecule has 0 atom stereocenters. The monoisotopic (exact) mass is 1210 g/mol. The van der Waals surface area contributed by atoms with Crippen LogP contribution in [0.5, 0.6) is 0 Å². The minimum absolute atomic E-state index is 0.0764. The summed E-state index contributed by atoms with van der Waals surface area (Å²) in [6, 6.07) is 0. The normalized spacial score (nSPS) is 11.4. The lowest BCUT2D eigenvalue weighted by Gasteiger charge is -2.32. The molecule has 0 spiro atoms. The first-order valence-corrected chi connectivity index (χ1v) is 27.3. The number of thiocarbonyl (C=S) groups is 4. The standard InChI is InChI=1S/C41H59BrO20S8/c1-10-51-34(63)67-16-26(43)57-20-39(7,21-58-27(44)17-68-35(64)52-11-2)32(49)61-24-41(9,31(48)56-15-14-55-30(47)38(5,6)42)25-62-33(50)40(8,22-59-28(45)18-69-36(65)53-12-3)23-60-29(46)19-70-37(66)54-13-4/h10-25H2,1-9H3. The zero-order valence-corrected chi connectivity index (χ0v) is 48.2. The van der Waals surface area contributed by atoms with Crippen LogP contribution in [0.25, 0.3) is 0 Å². The SMILES string of the molecule is CCOC(=S)SCC(=O)OCC(C)(COC(=O)CSC(=S)OCC)C(=O)OCC(C)(COC(=O)C(C)(COC(=O)CSC(=S)OCC)COC(=O)CSC(=S)OCC)C(=O)OCCOC(=O)C(C)(C)Br. The molecular formula is C41H59BrO20S8. The summed E-state index contributed by atoms with van der Waals surface area (Å²) in [5.41, 5.74) is -5.89. The van der Waals surface area contributed by atoms with Gasteiger partial charge < -0.3 is 56.8 Å². The quantitative estimate of drug-likeness (QED) is 0.0264. The predicted molar refractivity (Wildman–Crippen MR) is 282 cm³/mol. The molecule has 20 nitrogen and oxygen atoms in total. The summed E-state index contributed by atoms with van der Waals surface area (Å²) in [7, 11) is 0. The summed E-state index contributed by atoms with van der Waals surface area (Å²) in [6.45, 7) is 9.23. The fourth-order valence-corrected chi connectivity index (χ4v) is 7.50. The molecule has 0 saturated carbocycles. The Hall–Kier alpha value is -2.80. The van der Waals surface area contributed by atoms with Crippen LogP contribution in [0.4, 0.5) is 0 Å². The molecule has 0 aromatic rings. The van der Waals surface area contributed by atoms with Crippen molar-refractivity contribution in [3.8, 4) is 0 Å². The average Bonchev–Trinajstić information content (AvgIpc) is 3.30. The van der Waals surface area contributed by atoms with E-state index in [1.807, 2.05) is 0 Å². The van der Waals surface area contributed by atoms with Gasteiger partial charge in [0.15, 0.2) is 0 Å². The van der Waals surface area contributed by atoms with Crippen LogP contribution in [0, 0.1) is 16.2 Å². The summed E-state index contributed by atoms with van der Waals surface area (Å²) in [4.78, 5) is 105. The van der Waals surface area contributed by atoms with E-state index in [1.165, 1.54) is 34.6 Å². The summed E-state index contributed by atoms with van der Waals surface area (Å²) in [6.07, 6.45) is 0. The predicted octanol–water partition coefficient (Wildman–Crippen LogP) is 5.74. The lowest BCUT2D eigenvalue weighted by Crippen LogP contribution is -2.47. The van der Waals surface area contributed by atoms with Gasteiger partial charge in [0.2, 0.25) is 17.5 Å². The number of halogens is 1. The second kappa shape index (κ2) is 35.4. The van der Waals surface area contributed by atoms with Gasteiger partial charge in [0, 0.05) is 0 Å². The number of hydrogen-bond acceptors (Lipinski definition) is 28. The van der Waals surface area contributed by atoms with Gasteiger partial charge in [0.1, 0.15) is 73.4 Å². The van der Waals surface area contributed by atoms with E-state index in [2.05, 4.69) is 15.9 Å². The lowest BCUT2D eigenvalue weighted by molar-refractivity contribution is -0.182.